The van der Waals surface area contributed by atoms with Gasteiger partial charge >= 0.3 is 0 Å². The van der Waals surface area contributed by atoms with Crippen LogP contribution in [0.15, 0.2) is 54.6 Å². The first-order valence-corrected chi connectivity index (χ1v) is 6.44. The molecule has 0 amide bonds. The average Bonchev–Trinajstić information content (AvgIpc) is 2.46. The molecule has 100 valence electrons. The van der Waals surface area contributed by atoms with E-state index in [2.05, 4.69) is 0 Å². The number of hydrogen-bond donors (Lipinski definition) is 1. The van der Waals surface area contributed by atoms with Crippen molar-refractivity contribution in [3.8, 4) is 0 Å². The number of aliphatic hydroxyl groups is 1. The predicted molar refractivity (Wildman–Crippen MR) is 75.7 cm³/mol. The molecule has 0 aliphatic rings. The Morgan fingerprint density at radius 3 is 2.26 bits per heavy atom. The number of anilines is 1. The minimum Gasteiger partial charge on any atom is -0.387 e. The van der Waals surface area contributed by atoms with Crippen molar-refractivity contribution in [1.29, 1.82) is 0 Å². The molecule has 2 rings (SSSR count). The Morgan fingerprint density at radius 1 is 1.05 bits per heavy atom. The fourth-order valence-corrected chi connectivity index (χ4v) is 2.06. The Morgan fingerprint density at radius 2 is 1.68 bits per heavy atom. The molecular formula is C16H18FNO. The van der Waals surface area contributed by atoms with E-state index in [1.165, 1.54) is 12.1 Å². The number of hydrogen-bond acceptors (Lipinski definition) is 2. The van der Waals surface area contributed by atoms with E-state index in [1.54, 1.807) is 12.1 Å². The zero-order valence-corrected chi connectivity index (χ0v) is 11.0. The molecule has 0 fully saturated rings. The van der Waals surface area contributed by atoms with Crippen LogP contribution in [0.1, 0.15) is 18.6 Å². The van der Waals surface area contributed by atoms with Crippen molar-refractivity contribution in [3.63, 3.8) is 0 Å². The average molecular weight is 259 g/mol. The number of aliphatic hydroxyl groups excluding tert-OH is 1. The van der Waals surface area contributed by atoms with E-state index in [0.29, 0.717) is 6.54 Å². The van der Waals surface area contributed by atoms with E-state index >= 15 is 0 Å². The lowest BCUT2D eigenvalue weighted by Crippen LogP contribution is -2.28. The number of benzene rings is 2. The zero-order chi connectivity index (χ0) is 13.7. The quantitative estimate of drug-likeness (QED) is 0.889. The molecule has 0 heterocycles. The van der Waals surface area contributed by atoms with Gasteiger partial charge in [0.05, 0.1) is 6.10 Å². The molecule has 0 aliphatic heterocycles. The third-order valence-corrected chi connectivity index (χ3v) is 3.15. The van der Waals surface area contributed by atoms with Crippen LogP contribution in [0.25, 0.3) is 0 Å². The predicted octanol–water partition coefficient (Wildman–Crippen LogP) is 3.39. The van der Waals surface area contributed by atoms with Crippen molar-refractivity contribution in [2.24, 2.45) is 0 Å². The maximum absolute atomic E-state index is 12.9. The fraction of sp³-hybridized carbons (Fsp3) is 0.250. The van der Waals surface area contributed by atoms with Crippen molar-refractivity contribution in [2.75, 3.05) is 18.0 Å². The maximum Gasteiger partial charge on any atom is 0.123 e. The molecule has 0 bridgehead atoms. The van der Waals surface area contributed by atoms with Crippen molar-refractivity contribution in [3.05, 3.63) is 66.0 Å². The Balaban J connectivity index is 2.09. The van der Waals surface area contributed by atoms with Crippen LogP contribution in [0.4, 0.5) is 10.1 Å². The van der Waals surface area contributed by atoms with E-state index in [0.717, 1.165) is 17.8 Å². The topological polar surface area (TPSA) is 23.5 Å². The lowest BCUT2D eigenvalue weighted by molar-refractivity contribution is 0.183. The smallest absolute Gasteiger partial charge is 0.123 e. The Labute approximate surface area is 113 Å². The Bertz CT molecular complexity index is 498. The molecule has 19 heavy (non-hydrogen) atoms. The summed E-state index contributed by atoms with van der Waals surface area (Å²) in [5.74, 6) is -0.247. The highest BCUT2D eigenvalue weighted by Gasteiger charge is 2.12. The summed E-state index contributed by atoms with van der Waals surface area (Å²) in [5, 5.41) is 10.2. The number of rotatable bonds is 5. The second kappa shape index (κ2) is 6.34. The Hall–Kier alpha value is -1.87. The lowest BCUT2D eigenvalue weighted by atomic mass is 10.1. The molecule has 1 atom stereocenters. The molecule has 0 saturated heterocycles. The normalized spacial score (nSPS) is 12.2. The summed E-state index contributed by atoms with van der Waals surface area (Å²) in [4.78, 5) is 2.02. The van der Waals surface area contributed by atoms with Gasteiger partial charge in [-0.25, -0.2) is 4.39 Å². The van der Waals surface area contributed by atoms with E-state index in [1.807, 2.05) is 42.2 Å². The summed E-state index contributed by atoms with van der Waals surface area (Å²) in [6, 6.07) is 15.9. The van der Waals surface area contributed by atoms with Crippen molar-refractivity contribution in [1.82, 2.24) is 0 Å². The molecule has 0 radical (unpaired) electrons. The molecule has 0 aliphatic carbocycles. The molecule has 1 N–H and O–H groups in total. The second-order valence-electron chi connectivity index (χ2n) is 4.44. The molecule has 0 saturated carbocycles. The van der Waals surface area contributed by atoms with Crippen LogP contribution >= 0.6 is 0 Å². The first-order valence-electron chi connectivity index (χ1n) is 6.44. The van der Waals surface area contributed by atoms with Crippen LogP contribution in [0.5, 0.6) is 0 Å². The molecule has 0 spiro atoms. The Kier molecular flexibility index (Phi) is 4.53. The molecule has 3 heteroatoms. The van der Waals surface area contributed by atoms with Crippen LogP contribution in [0, 0.1) is 5.82 Å². The number of nitrogens with zero attached hydrogens (tertiary/aromatic N) is 1. The van der Waals surface area contributed by atoms with Crippen LogP contribution < -0.4 is 4.90 Å². The van der Waals surface area contributed by atoms with Gasteiger partial charge in [-0.05, 0) is 36.8 Å². The fourth-order valence-electron chi connectivity index (χ4n) is 2.06. The molecule has 0 aromatic heterocycles. The van der Waals surface area contributed by atoms with Crippen molar-refractivity contribution < 1.29 is 9.50 Å². The minimum absolute atomic E-state index is 0.247. The third-order valence-electron chi connectivity index (χ3n) is 3.15. The number of halogens is 1. The molecular weight excluding hydrogens is 241 g/mol. The van der Waals surface area contributed by atoms with Gasteiger partial charge in [0.15, 0.2) is 0 Å². The SMILES string of the molecule is CCN(CC(O)c1ccccc1)c1ccc(F)cc1. The van der Waals surface area contributed by atoms with Gasteiger partial charge in [0.1, 0.15) is 5.82 Å². The molecule has 2 aromatic rings. The minimum atomic E-state index is -0.550. The lowest BCUT2D eigenvalue weighted by Gasteiger charge is -2.26. The monoisotopic (exact) mass is 259 g/mol. The van der Waals surface area contributed by atoms with Gasteiger partial charge in [0.25, 0.3) is 0 Å². The van der Waals surface area contributed by atoms with Gasteiger partial charge in [-0.1, -0.05) is 30.3 Å². The van der Waals surface area contributed by atoms with Gasteiger partial charge in [0.2, 0.25) is 0 Å². The van der Waals surface area contributed by atoms with E-state index in [-0.39, 0.29) is 5.82 Å². The highest BCUT2D eigenvalue weighted by Crippen LogP contribution is 2.19. The summed E-state index contributed by atoms with van der Waals surface area (Å²) >= 11 is 0. The van der Waals surface area contributed by atoms with Gasteiger partial charge in [0, 0.05) is 18.8 Å². The highest BCUT2D eigenvalue weighted by atomic mass is 19.1. The largest absolute Gasteiger partial charge is 0.387 e. The van der Waals surface area contributed by atoms with Crippen LogP contribution in [0.2, 0.25) is 0 Å². The van der Waals surface area contributed by atoms with Crippen molar-refractivity contribution >= 4 is 5.69 Å². The van der Waals surface area contributed by atoms with Crippen molar-refractivity contribution in [2.45, 2.75) is 13.0 Å². The molecule has 2 nitrogen and oxygen atoms in total. The van der Waals surface area contributed by atoms with Gasteiger partial charge < -0.3 is 10.0 Å². The van der Waals surface area contributed by atoms with Crippen LogP contribution in [-0.4, -0.2) is 18.2 Å². The summed E-state index contributed by atoms with van der Waals surface area (Å²) < 4.78 is 12.9. The van der Waals surface area contributed by atoms with E-state index in [4.69, 9.17) is 0 Å². The highest BCUT2D eigenvalue weighted by molar-refractivity contribution is 5.46. The third kappa shape index (κ3) is 3.55. The van der Waals surface area contributed by atoms with Gasteiger partial charge in [-0.3, -0.25) is 0 Å². The first-order chi connectivity index (χ1) is 9.20. The van der Waals surface area contributed by atoms with Gasteiger partial charge in [-0.2, -0.15) is 0 Å². The van der Waals surface area contributed by atoms with E-state index < -0.39 is 6.10 Å². The second-order valence-corrected chi connectivity index (χ2v) is 4.44. The summed E-state index contributed by atoms with van der Waals surface area (Å²) in [7, 11) is 0. The van der Waals surface area contributed by atoms with Crippen LogP contribution in [0.3, 0.4) is 0 Å². The first kappa shape index (κ1) is 13.6. The summed E-state index contributed by atoms with van der Waals surface area (Å²) in [6.45, 7) is 3.27. The maximum atomic E-state index is 12.9. The standard InChI is InChI=1S/C16H18FNO/c1-2-18(15-10-8-14(17)9-11-15)12-16(19)13-6-4-3-5-7-13/h3-11,16,19H,2,12H2,1H3. The molecule has 1 unspecified atom stereocenters. The van der Waals surface area contributed by atoms with E-state index in [9.17, 15) is 9.50 Å². The molecule has 2 aromatic carbocycles. The zero-order valence-electron chi connectivity index (χ0n) is 11.0. The number of likely N-dealkylation sites (N-methyl/N-ethyl adjacent to an activating group) is 1. The van der Waals surface area contributed by atoms with Crippen LogP contribution in [-0.2, 0) is 0 Å². The van der Waals surface area contributed by atoms with Gasteiger partial charge in [-0.15, -0.1) is 0 Å². The summed E-state index contributed by atoms with van der Waals surface area (Å²) in [5.41, 5.74) is 1.81. The summed E-state index contributed by atoms with van der Waals surface area (Å²) in [6.07, 6.45) is -0.550.